The van der Waals surface area contributed by atoms with Gasteiger partial charge in [0.05, 0.1) is 25.9 Å². The number of fused-ring (bicyclic) bond motifs is 1. The largest absolute Gasteiger partial charge is 0.497 e. The molecule has 11 nitrogen and oxygen atoms in total. The second-order valence-electron chi connectivity index (χ2n) is 9.33. The Labute approximate surface area is 209 Å². The lowest BCUT2D eigenvalue weighted by Crippen LogP contribution is -2.40. The van der Waals surface area contributed by atoms with Crippen molar-refractivity contribution < 1.29 is 19.0 Å². The second kappa shape index (κ2) is 11.6. The van der Waals surface area contributed by atoms with Crippen LogP contribution in [0.15, 0.2) is 29.1 Å². The zero-order chi connectivity index (χ0) is 25.7. The Balaban J connectivity index is 1.71. The number of carbonyl (C=O) groups is 1. The van der Waals surface area contributed by atoms with Gasteiger partial charge in [-0.25, -0.2) is 4.68 Å². The van der Waals surface area contributed by atoms with Gasteiger partial charge in [-0.2, -0.15) is 0 Å². The molecule has 0 spiro atoms. The minimum absolute atomic E-state index is 0.0419. The lowest BCUT2D eigenvalue weighted by Gasteiger charge is -2.34. The zero-order valence-corrected chi connectivity index (χ0v) is 21.3. The maximum absolute atomic E-state index is 13.1. The fourth-order valence-electron chi connectivity index (χ4n) is 4.77. The van der Waals surface area contributed by atoms with E-state index in [0.717, 1.165) is 36.1 Å². The van der Waals surface area contributed by atoms with E-state index in [-0.39, 0.29) is 36.8 Å². The lowest BCUT2D eigenvalue weighted by atomic mass is 9.99. The fraction of sp³-hybridized carbons (Fsp3) is 0.560. The molecule has 0 radical (unpaired) electrons. The molecule has 1 N–H and O–H groups in total. The quantitative estimate of drug-likeness (QED) is 0.397. The molecule has 11 heteroatoms. The number of methoxy groups -OCH3 is 1. The summed E-state index contributed by atoms with van der Waals surface area (Å²) in [6.07, 6.45) is 1.99. The first kappa shape index (κ1) is 25.8. The molecule has 1 fully saturated rings. The van der Waals surface area contributed by atoms with Gasteiger partial charge in [0.2, 0.25) is 0 Å². The van der Waals surface area contributed by atoms with E-state index in [9.17, 15) is 9.59 Å². The summed E-state index contributed by atoms with van der Waals surface area (Å²) in [7, 11) is 1.62. The number of benzene rings is 1. The zero-order valence-electron chi connectivity index (χ0n) is 21.3. The number of carbonyl (C=O) groups excluding carboxylic acids is 1. The number of rotatable bonds is 11. The first-order valence-electron chi connectivity index (χ1n) is 12.4. The smallest absolute Gasteiger partial charge is 0.327 e. The Morgan fingerprint density at radius 3 is 2.86 bits per heavy atom. The van der Waals surface area contributed by atoms with Crippen molar-refractivity contribution in [3.63, 3.8) is 0 Å². The predicted octanol–water partition coefficient (Wildman–Crippen LogP) is 2.46. The molecule has 2 aromatic heterocycles. The third-order valence-corrected chi connectivity index (χ3v) is 6.40. The Kier molecular flexibility index (Phi) is 8.32. The number of pyridine rings is 1. The molecule has 2 atom stereocenters. The highest BCUT2D eigenvalue weighted by molar-refractivity contribution is 5.80. The molecule has 36 heavy (non-hydrogen) atoms. The fourth-order valence-corrected chi connectivity index (χ4v) is 4.77. The monoisotopic (exact) mass is 498 g/mol. The van der Waals surface area contributed by atoms with Crippen LogP contribution in [0, 0.1) is 5.92 Å². The van der Waals surface area contributed by atoms with Gasteiger partial charge < -0.3 is 19.2 Å². The number of ether oxygens (including phenoxy) is 3. The van der Waals surface area contributed by atoms with Crippen LogP contribution in [-0.2, 0) is 27.4 Å². The number of hydrogen-bond acceptors (Lipinski definition) is 9. The van der Waals surface area contributed by atoms with E-state index in [1.54, 1.807) is 14.0 Å². The van der Waals surface area contributed by atoms with E-state index in [4.69, 9.17) is 14.2 Å². The molecular weight excluding hydrogens is 464 g/mol. The molecule has 2 unspecified atom stereocenters. The Morgan fingerprint density at radius 1 is 1.33 bits per heavy atom. The summed E-state index contributed by atoms with van der Waals surface area (Å²) in [4.78, 5) is 30.4. The predicted molar refractivity (Wildman–Crippen MR) is 133 cm³/mol. The molecule has 0 aliphatic carbocycles. The molecule has 4 rings (SSSR count). The maximum Gasteiger partial charge on any atom is 0.327 e. The molecule has 3 heterocycles. The highest BCUT2D eigenvalue weighted by atomic mass is 16.5. The molecule has 1 aliphatic heterocycles. The van der Waals surface area contributed by atoms with Crippen molar-refractivity contribution in [2.24, 2.45) is 5.92 Å². The first-order valence-corrected chi connectivity index (χ1v) is 12.4. The molecule has 0 saturated carbocycles. The summed E-state index contributed by atoms with van der Waals surface area (Å²) in [6.45, 7) is 7.80. The van der Waals surface area contributed by atoms with Crippen LogP contribution >= 0.6 is 0 Å². The van der Waals surface area contributed by atoms with Gasteiger partial charge in [0.25, 0.3) is 5.56 Å². The third-order valence-electron chi connectivity index (χ3n) is 6.40. The standard InChI is InChI=1S/C25H34N6O5/c1-5-35-22(32)15-31-24(27-28-29-31)23(16(2)3)30(14-20-7-6-10-36-20)13-18-11-17-12-19(34-4)8-9-21(17)26-25(18)33/h8-9,11-12,16,20,23H,5-7,10,13-15H2,1-4H3,(H,26,33). The van der Waals surface area contributed by atoms with Crippen molar-refractivity contribution in [1.29, 1.82) is 0 Å². The number of nitrogens with zero attached hydrogens (tertiary/aromatic N) is 5. The number of H-pyrrole nitrogens is 1. The summed E-state index contributed by atoms with van der Waals surface area (Å²) < 4.78 is 17.9. The molecule has 1 aromatic carbocycles. The number of aromatic nitrogens is 5. The van der Waals surface area contributed by atoms with Crippen LogP contribution in [0.1, 0.15) is 51.0 Å². The van der Waals surface area contributed by atoms with Gasteiger partial charge in [0.15, 0.2) is 5.82 Å². The van der Waals surface area contributed by atoms with Crippen LogP contribution in [0.2, 0.25) is 0 Å². The van der Waals surface area contributed by atoms with Crippen LogP contribution in [-0.4, -0.2) is 69.0 Å². The summed E-state index contributed by atoms with van der Waals surface area (Å²) in [5, 5.41) is 13.1. The van der Waals surface area contributed by atoms with Gasteiger partial charge >= 0.3 is 5.97 Å². The minimum atomic E-state index is -0.404. The summed E-state index contributed by atoms with van der Waals surface area (Å²) in [5.74, 6) is 0.946. The molecule has 0 bridgehead atoms. The maximum atomic E-state index is 13.1. The molecule has 3 aromatic rings. The lowest BCUT2D eigenvalue weighted by molar-refractivity contribution is -0.144. The van der Waals surface area contributed by atoms with Crippen molar-refractivity contribution in [3.05, 3.63) is 46.0 Å². The summed E-state index contributed by atoms with van der Waals surface area (Å²) in [5.41, 5.74) is 1.21. The minimum Gasteiger partial charge on any atom is -0.497 e. The van der Waals surface area contributed by atoms with Gasteiger partial charge in [-0.05, 0) is 60.4 Å². The second-order valence-corrected chi connectivity index (χ2v) is 9.33. The van der Waals surface area contributed by atoms with E-state index in [1.165, 1.54) is 4.68 Å². The highest BCUT2D eigenvalue weighted by Crippen LogP contribution is 2.30. The number of tetrazole rings is 1. The molecule has 1 aliphatic rings. The van der Waals surface area contributed by atoms with Crippen LogP contribution in [0.4, 0.5) is 0 Å². The summed E-state index contributed by atoms with van der Waals surface area (Å²) >= 11 is 0. The van der Waals surface area contributed by atoms with Gasteiger partial charge in [-0.1, -0.05) is 13.8 Å². The Bertz CT molecular complexity index is 1230. The molecule has 1 saturated heterocycles. The van der Waals surface area contributed by atoms with Crippen molar-refractivity contribution in [2.45, 2.75) is 58.8 Å². The number of esters is 1. The molecule has 194 valence electrons. The van der Waals surface area contributed by atoms with Gasteiger partial charge in [0.1, 0.15) is 12.3 Å². The van der Waals surface area contributed by atoms with E-state index in [2.05, 4.69) is 39.3 Å². The number of nitrogens with one attached hydrogen (secondary N) is 1. The van der Waals surface area contributed by atoms with Crippen LogP contribution < -0.4 is 10.3 Å². The summed E-state index contributed by atoms with van der Waals surface area (Å²) in [6, 6.07) is 7.19. The Hall–Kier alpha value is -3.31. The first-order chi connectivity index (χ1) is 17.4. The van der Waals surface area contributed by atoms with Gasteiger partial charge in [-0.3, -0.25) is 14.5 Å². The topological polar surface area (TPSA) is 124 Å². The van der Waals surface area contributed by atoms with E-state index < -0.39 is 5.97 Å². The molecular formula is C25H34N6O5. The van der Waals surface area contributed by atoms with E-state index >= 15 is 0 Å². The average Bonchev–Trinajstić information content (AvgIpc) is 3.52. The average molecular weight is 499 g/mol. The van der Waals surface area contributed by atoms with Crippen molar-refractivity contribution in [2.75, 3.05) is 26.9 Å². The van der Waals surface area contributed by atoms with Crippen molar-refractivity contribution >= 4 is 16.9 Å². The van der Waals surface area contributed by atoms with Gasteiger partial charge in [-0.15, -0.1) is 5.10 Å². The molecule has 0 amide bonds. The van der Waals surface area contributed by atoms with Crippen molar-refractivity contribution in [1.82, 2.24) is 30.1 Å². The SMILES string of the molecule is CCOC(=O)Cn1nnnc1C(C(C)C)N(Cc1cc2cc(OC)ccc2[nH]c1=O)CC1CCCO1. The third kappa shape index (κ3) is 5.90. The highest BCUT2D eigenvalue weighted by Gasteiger charge is 2.33. The van der Waals surface area contributed by atoms with Crippen molar-refractivity contribution in [3.8, 4) is 5.75 Å². The number of aromatic amines is 1. The van der Waals surface area contributed by atoms with Crippen LogP contribution in [0.5, 0.6) is 5.75 Å². The van der Waals surface area contributed by atoms with Crippen LogP contribution in [0.3, 0.4) is 0 Å². The number of hydrogen-bond donors (Lipinski definition) is 1. The Morgan fingerprint density at radius 2 is 2.17 bits per heavy atom. The van der Waals surface area contributed by atoms with E-state index in [0.29, 0.717) is 24.5 Å². The normalized spacial score (nSPS) is 16.7. The van der Waals surface area contributed by atoms with Crippen LogP contribution in [0.25, 0.3) is 10.9 Å². The van der Waals surface area contributed by atoms with E-state index in [1.807, 2.05) is 24.3 Å². The van der Waals surface area contributed by atoms with Gasteiger partial charge in [0, 0.05) is 36.2 Å².